The summed E-state index contributed by atoms with van der Waals surface area (Å²) < 4.78 is 44.0. The molecule has 0 saturated heterocycles. The van der Waals surface area contributed by atoms with E-state index in [4.69, 9.17) is 14.2 Å². The highest BCUT2D eigenvalue weighted by Gasteiger charge is 2.34. The predicted molar refractivity (Wildman–Crippen MR) is 165 cm³/mol. The minimum absolute atomic E-state index is 0.0286. The number of fused-ring (bicyclic) bond motifs is 1. The Morgan fingerprint density at radius 3 is 2.42 bits per heavy atom. The van der Waals surface area contributed by atoms with Crippen molar-refractivity contribution in [3.8, 4) is 17.2 Å². The number of rotatable bonds is 15. The lowest BCUT2D eigenvalue weighted by atomic mass is 10.0. The number of unbranched alkanes of at least 4 members (excludes halogenated alkanes) is 1. The first-order chi connectivity index (χ1) is 20.7. The van der Waals surface area contributed by atoms with Gasteiger partial charge in [-0.05, 0) is 48.7 Å². The summed E-state index contributed by atoms with van der Waals surface area (Å²) in [6.45, 7) is 3.61. The molecule has 0 aromatic heterocycles. The summed E-state index contributed by atoms with van der Waals surface area (Å²) in [5.74, 6) is 0.440. The number of hydrogen-bond acceptors (Lipinski definition) is 7. The van der Waals surface area contributed by atoms with Crippen molar-refractivity contribution in [2.75, 3.05) is 37.1 Å². The maximum absolute atomic E-state index is 14.3. The van der Waals surface area contributed by atoms with Crippen molar-refractivity contribution in [2.24, 2.45) is 0 Å². The molecule has 1 atom stereocenters. The van der Waals surface area contributed by atoms with E-state index in [0.717, 1.165) is 28.3 Å². The van der Waals surface area contributed by atoms with Crippen molar-refractivity contribution >= 4 is 27.5 Å². The van der Waals surface area contributed by atoms with Gasteiger partial charge in [-0.1, -0.05) is 55.8 Å². The third kappa shape index (κ3) is 8.19. The minimum atomic E-state index is -3.90. The van der Waals surface area contributed by atoms with Crippen molar-refractivity contribution in [3.05, 3.63) is 83.9 Å². The molecule has 1 aliphatic heterocycles. The van der Waals surface area contributed by atoms with E-state index in [0.29, 0.717) is 23.8 Å². The third-order valence-corrected chi connectivity index (χ3v) is 8.95. The fraction of sp³-hybridized carbons (Fsp3) is 0.375. The quantitative estimate of drug-likeness (QED) is 0.258. The second-order valence-corrected chi connectivity index (χ2v) is 12.3. The van der Waals surface area contributed by atoms with Crippen LogP contribution < -0.4 is 23.8 Å². The molecule has 10 nitrogen and oxygen atoms in total. The highest BCUT2D eigenvalue weighted by Crippen LogP contribution is 2.36. The Labute approximate surface area is 253 Å². The maximum Gasteiger partial charge on any atom is 0.244 e. The summed E-state index contributed by atoms with van der Waals surface area (Å²) in [6, 6.07) is 20.6. The number of methoxy groups -OCH3 is 1. The van der Waals surface area contributed by atoms with E-state index in [-0.39, 0.29) is 37.1 Å². The second-order valence-electron chi connectivity index (χ2n) is 10.2. The molecule has 43 heavy (non-hydrogen) atoms. The average molecular weight is 610 g/mol. The smallest absolute Gasteiger partial charge is 0.244 e. The van der Waals surface area contributed by atoms with Crippen molar-refractivity contribution < 1.29 is 32.2 Å². The van der Waals surface area contributed by atoms with Crippen molar-refractivity contribution in [3.63, 3.8) is 0 Å². The van der Waals surface area contributed by atoms with Crippen LogP contribution in [0.3, 0.4) is 0 Å². The first-order valence-electron chi connectivity index (χ1n) is 14.4. The molecule has 0 radical (unpaired) electrons. The Kier molecular flexibility index (Phi) is 10.9. The number of nitrogens with zero attached hydrogens (tertiary/aromatic N) is 2. The van der Waals surface area contributed by atoms with E-state index in [1.807, 2.05) is 49.4 Å². The van der Waals surface area contributed by atoms with Crippen LogP contribution in [-0.2, 0) is 32.6 Å². The molecule has 11 heteroatoms. The van der Waals surface area contributed by atoms with Crippen molar-refractivity contribution in [2.45, 2.75) is 45.7 Å². The number of anilines is 1. The van der Waals surface area contributed by atoms with Crippen LogP contribution >= 0.6 is 0 Å². The molecule has 1 unspecified atom stereocenters. The summed E-state index contributed by atoms with van der Waals surface area (Å²) in [5, 5.41) is 2.98. The van der Waals surface area contributed by atoms with Gasteiger partial charge in [-0.2, -0.15) is 0 Å². The van der Waals surface area contributed by atoms with E-state index in [1.165, 1.54) is 11.8 Å². The molecule has 0 bridgehead atoms. The highest BCUT2D eigenvalue weighted by atomic mass is 32.2. The minimum Gasteiger partial charge on any atom is -0.497 e. The number of nitrogens with one attached hydrogen (secondary N) is 1. The highest BCUT2D eigenvalue weighted by molar-refractivity contribution is 7.92. The van der Waals surface area contributed by atoms with E-state index in [1.54, 1.807) is 37.4 Å². The molecule has 0 spiro atoms. The molecule has 1 N–H and O–H groups in total. The lowest BCUT2D eigenvalue weighted by Crippen LogP contribution is -2.53. The van der Waals surface area contributed by atoms with Crippen LogP contribution in [0, 0.1) is 0 Å². The first-order valence-corrected chi connectivity index (χ1v) is 16.0. The molecule has 1 heterocycles. The molecule has 0 fully saturated rings. The number of amides is 2. The molecular weight excluding hydrogens is 570 g/mol. The van der Waals surface area contributed by atoms with Crippen LogP contribution in [0.1, 0.15) is 37.8 Å². The Morgan fingerprint density at radius 1 is 0.953 bits per heavy atom. The summed E-state index contributed by atoms with van der Waals surface area (Å²) in [5.41, 5.74) is 1.88. The Bertz CT molecular complexity index is 1500. The number of hydrogen-bond donors (Lipinski definition) is 1. The topological polar surface area (TPSA) is 114 Å². The zero-order chi connectivity index (χ0) is 30.8. The Morgan fingerprint density at radius 2 is 1.70 bits per heavy atom. The summed E-state index contributed by atoms with van der Waals surface area (Å²) in [4.78, 5) is 29.5. The maximum atomic E-state index is 14.3. The van der Waals surface area contributed by atoms with Gasteiger partial charge in [0.25, 0.3) is 0 Å². The Hall–Kier alpha value is -4.25. The van der Waals surface area contributed by atoms with Crippen LogP contribution in [0.5, 0.6) is 17.2 Å². The molecule has 2 amide bonds. The van der Waals surface area contributed by atoms with Crippen LogP contribution in [0.2, 0.25) is 0 Å². The molecule has 3 aromatic rings. The molecule has 0 aliphatic carbocycles. The third-order valence-electron chi connectivity index (χ3n) is 7.21. The Balaban J connectivity index is 1.74. The van der Waals surface area contributed by atoms with Gasteiger partial charge in [-0.25, -0.2) is 8.42 Å². The van der Waals surface area contributed by atoms with Crippen LogP contribution in [0.25, 0.3) is 0 Å². The van der Waals surface area contributed by atoms with E-state index in [2.05, 4.69) is 5.32 Å². The first kappa shape index (κ1) is 31.7. The van der Waals surface area contributed by atoms with E-state index < -0.39 is 28.5 Å². The molecule has 230 valence electrons. The van der Waals surface area contributed by atoms with E-state index >= 15 is 0 Å². The van der Waals surface area contributed by atoms with Gasteiger partial charge in [0.1, 0.15) is 18.3 Å². The molecule has 1 aliphatic rings. The number of benzene rings is 3. The van der Waals surface area contributed by atoms with Crippen molar-refractivity contribution in [1.82, 2.24) is 10.2 Å². The van der Waals surface area contributed by atoms with Crippen LogP contribution in [0.15, 0.2) is 72.8 Å². The number of ether oxygens (including phenoxy) is 3. The lowest BCUT2D eigenvalue weighted by Gasteiger charge is -2.34. The number of carbonyl (C=O) groups is 2. The molecule has 3 aromatic carbocycles. The summed E-state index contributed by atoms with van der Waals surface area (Å²) in [6.07, 6.45) is 1.94. The SMILES string of the molecule is CCCCNC(=O)C(Cc1ccccc1)N(Cc1cccc(OC)c1)C(=O)CN(c1ccc2c(c1)OCO2)S(=O)(=O)CC. The fourth-order valence-corrected chi connectivity index (χ4v) is 5.84. The largest absolute Gasteiger partial charge is 0.497 e. The molecule has 4 rings (SSSR count). The van der Waals surface area contributed by atoms with Gasteiger partial charge in [-0.3, -0.25) is 13.9 Å². The van der Waals surface area contributed by atoms with Crippen LogP contribution in [0.4, 0.5) is 5.69 Å². The lowest BCUT2D eigenvalue weighted by molar-refractivity contribution is -0.140. The van der Waals surface area contributed by atoms with Gasteiger partial charge >= 0.3 is 0 Å². The fourth-order valence-electron chi connectivity index (χ4n) is 4.79. The normalized spacial score (nSPS) is 12.8. The van der Waals surface area contributed by atoms with Gasteiger partial charge < -0.3 is 24.4 Å². The van der Waals surface area contributed by atoms with Gasteiger partial charge in [0.15, 0.2) is 11.5 Å². The summed E-state index contributed by atoms with van der Waals surface area (Å²) >= 11 is 0. The zero-order valence-corrected chi connectivity index (χ0v) is 25.6. The predicted octanol–water partition coefficient (Wildman–Crippen LogP) is 4.14. The van der Waals surface area contributed by atoms with E-state index in [9.17, 15) is 18.0 Å². The van der Waals surface area contributed by atoms with Gasteiger partial charge in [0.05, 0.1) is 18.6 Å². The summed E-state index contributed by atoms with van der Waals surface area (Å²) in [7, 11) is -2.34. The standard InChI is InChI=1S/C32H39N3O7S/c1-4-6-17-33-32(37)28(19-24-11-8-7-9-12-24)34(21-25-13-10-14-27(18-25)40-3)31(36)22-35(43(38,39)5-2)26-15-16-29-30(20-26)42-23-41-29/h7-16,18,20,28H,4-6,17,19,21-23H2,1-3H3,(H,33,37). The van der Waals surface area contributed by atoms with Crippen molar-refractivity contribution in [1.29, 1.82) is 0 Å². The van der Waals surface area contributed by atoms with Gasteiger partial charge in [-0.15, -0.1) is 0 Å². The second kappa shape index (κ2) is 14.8. The number of carbonyl (C=O) groups excluding carboxylic acids is 2. The molecule has 0 saturated carbocycles. The molecular formula is C32H39N3O7S. The average Bonchev–Trinajstić information content (AvgIpc) is 3.50. The van der Waals surface area contributed by atoms with Gasteiger partial charge in [0.2, 0.25) is 28.6 Å². The van der Waals surface area contributed by atoms with Crippen LogP contribution in [-0.4, -0.2) is 63.9 Å². The van der Waals surface area contributed by atoms with Gasteiger partial charge in [0, 0.05) is 25.6 Å². The zero-order valence-electron chi connectivity index (χ0n) is 24.8. The monoisotopic (exact) mass is 609 g/mol. The number of sulfonamides is 1.